The van der Waals surface area contributed by atoms with E-state index < -0.39 is 0 Å². The first-order valence-corrected chi connectivity index (χ1v) is 8.49. The Morgan fingerprint density at radius 1 is 1.48 bits per heavy atom. The van der Waals surface area contributed by atoms with Gasteiger partial charge in [-0.15, -0.1) is 0 Å². The first-order valence-electron chi connectivity index (χ1n) is 8.49. The Morgan fingerprint density at radius 2 is 2.24 bits per heavy atom. The number of nitriles is 1. The maximum absolute atomic E-state index is 12.9. The van der Waals surface area contributed by atoms with E-state index in [9.17, 15) is 14.9 Å². The molecule has 0 fully saturated rings. The molecular formula is C18H21N5O2. The highest BCUT2D eigenvalue weighted by Crippen LogP contribution is 2.27. The van der Waals surface area contributed by atoms with E-state index in [1.54, 1.807) is 0 Å². The number of nitrogens with one attached hydrogen (secondary N) is 1. The summed E-state index contributed by atoms with van der Waals surface area (Å²) in [5, 5.41) is 13.3. The monoisotopic (exact) mass is 339 g/mol. The molecule has 1 amide bonds. The molecule has 1 aliphatic rings. The lowest BCUT2D eigenvalue weighted by Gasteiger charge is -2.27. The van der Waals surface area contributed by atoms with Gasteiger partial charge in [-0.05, 0) is 17.9 Å². The minimum absolute atomic E-state index is 0.00842. The van der Waals surface area contributed by atoms with Crippen molar-refractivity contribution in [2.75, 3.05) is 13.1 Å². The minimum atomic E-state index is -0.201. The fourth-order valence-corrected chi connectivity index (χ4v) is 3.25. The van der Waals surface area contributed by atoms with Gasteiger partial charge in [0.2, 0.25) is 5.91 Å². The van der Waals surface area contributed by atoms with Crippen LogP contribution in [0.15, 0.2) is 17.1 Å². The van der Waals surface area contributed by atoms with Crippen LogP contribution in [-0.4, -0.2) is 38.5 Å². The van der Waals surface area contributed by atoms with Crippen molar-refractivity contribution in [1.29, 1.82) is 5.26 Å². The molecule has 0 aliphatic carbocycles. The van der Waals surface area contributed by atoms with E-state index in [-0.39, 0.29) is 17.4 Å². The third kappa shape index (κ3) is 2.84. The second-order valence-electron chi connectivity index (χ2n) is 6.48. The summed E-state index contributed by atoms with van der Waals surface area (Å²) < 4.78 is 1.26. The molecule has 25 heavy (non-hydrogen) atoms. The summed E-state index contributed by atoms with van der Waals surface area (Å²) in [5.74, 6) is 0.139. The fraction of sp³-hybridized carbons (Fsp3) is 0.444. The summed E-state index contributed by atoms with van der Waals surface area (Å²) in [7, 11) is 0. The molecule has 3 rings (SSSR count). The summed E-state index contributed by atoms with van der Waals surface area (Å²) in [6.07, 6.45) is 4.56. The number of fused-ring (bicyclic) bond motifs is 1. The number of nitrogens with zero attached hydrogens (tertiary/aromatic N) is 4. The highest BCUT2D eigenvalue weighted by molar-refractivity contribution is 5.78. The number of H-pyrrole nitrogens is 1. The van der Waals surface area contributed by atoms with Crippen LogP contribution in [0.2, 0.25) is 0 Å². The first kappa shape index (κ1) is 17.0. The molecule has 0 aromatic carbocycles. The van der Waals surface area contributed by atoms with E-state index in [0.29, 0.717) is 42.7 Å². The molecule has 0 radical (unpaired) electrons. The lowest BCUT2D eigenvalue weighted by atomic mass is 9.94. The molecule has 0 saturated heterocycles. The molecule has 7 nitrogen and oxygen atoms in total. The second kappa shape index (κ2) is 6.55. The van der Waals surface area contributed by atoms with Crippen LogP contribution in [0, 0.1) is 11.3 Å². The maximum Gasteiger partial charge on any atom is 0.278 e. The Hall–Kier alpha value is -2.88. The third-order valence-corrected chi connectivity index (χ3v) is 4.59. The van der Waals surface area contributed by atoms with Gasteiger partial charge in [-0.1, -0.05) is 26.8 Å². The Kier molecular flexibility index (Phi) is 4.45. The van der Waals surface area contributed by atoms with Gasteiger partial charge in [0, 0.05) is 25.1 Å². The molecule has 0 bridgehead atoms. The van der Waals surface area contributed by atoms with Gasteiger partial charge >= 0.3 is 0 Å². The number of rotatable bonds is 3. The van der Waals surface area contributed by atoms with Gasteiger partial charge in [-0.3, -0.25) is 9.59 Å². The zero-order chi connectivity index (χ0) is 18.1. The summed E-state index contributed by atoms with van der Waals surface area (Å²) >= 11 is 0. The van der Waals surface area contributed by atoms with Crippen molar-refractivity contribution in [2.45, 2.75) is 39.5 Å². The number of carbonyl (C=O) groups excluding carboxylic acids is 1. The van der Waals surface area contributed by atoms with Crippen LogP contribution in [-0.2, 0) is 4.79 Å². The van der Waals surface area contributed by atoms with Crippen LogP contribution in [0.25, 0.3) is 11.2 Å². The van der Waals surface area contributed by atoms with Crippen molar-refractivity contribution in [3.8, 4) is 6.07 Å². The van der Waals surface area contributed by atoms with Crippen LogP contribution in [0.5, 0.6) is 0 Å². The zero-order valence-electron chi connectivity index (χ0n) is 14.7. The topological polar surface area (TPSA) is 94.3 Å². The summed E-state index contributed by atoms with van der Waals surface area (Å²) in [6.45, 7) is 6.95. The van der Waals surface area contributed by atoms with Crippen molar-refractivity contribution in [3.05, 3.63) is 39.4 Å². The van der Waals surface area contributed by atoms with Crippen LogP contribution in [0.4, 0.5) is 0 Å². The Bertz CT molecular complexity index is 958. The van der Waals surface area contributed by atoms with Gasteiger partial charge in [0.1, 0.15) is 11.6 Å². The molecule has 7 heteroatoms. The summed E-state index contributed by atoms with van der Waals surface area (Å²) in [6, 6.07) is 2.06. The van der Waals surface area contributed by atoms with E-state index in [1.807, 2.05) is 31.7 Å². The van der Waals surface area contributed by atoms with Crippen molar-refractivity contribution < 1.29 is 4.79 Å². The first-order chi connectivity index (χ1) is 12.0. The summed E-state index contributed by atoms with van der Waals surface area (Å²) in [4.78, 5) is 29.8. The lowest BCUT2D eigenvalue weighted by Crippen LogP contribution is -2.34. The predicted octanol–water partition coefficient (Wildman–Crippen LogP) is 2.04. The molecule has 1 N–H and O–H groups in total. The molecule has 0 unspecified atom stereocenters. The van der Waals surface area contributed by atoms with Crippen LogP contribution in [0.1, 0.15) is 56.4 Å². The number of hydrogen-bond donors (Lipinski definition) is 1. The van der Waals surface area contributed by atoms with Gasteiger partial charge in [-0.25, -0.2) is 0 Å². The van der Waals surface area contributed by atoms with Crippen LogP contribution in [0.3, 0.4) is 0 Å². The van der Waals surface area contributed by atoms with Crippen LogP contribution < -0.4 is 5.56 Å². The number of aromatic amines is 1. The maximum atomic E-state index is 12.9. The van der Waals surface area contributed by atoms with Crippen LogP contribution >= 0.6 is 0 Å². The van der Waals surface area contributed by atoms with Crippen molar-refractivity contribution in [1.82, 2.24) is 19.5 Å². The zero-order valence-corrected chi connectivity index (χ0v) is 14.7. The summed E-state index contributed by atoms with van der Waals surface area (Å²) in [5.41, 5.74) is 2.98. The molecule has 3 heterocycles. The SMILES string of the molecule is CCC(=O)N1CC=C(c2[nH]c3c(C#N)cnn3c(=O)c2C(C)C)CC1. The standard InChI is InChI=1S/C18H21N5O2/c1-4-14(24)22-7-5-12(6-8-22)16-15(11(2)3)18(25)23-17(21-16)13(9-19)10-20-23/h5,10-11,21H,4,6-8H2,1-3H3. The van der Waals surface area contributed by atoms with E-state index in [1.165, 1.54) is 10.7 Å². The Morgan fingerprint density at radius 3 is 2.80 bits per heavy atom. The molecule has 130 valence electrons. The smallest absolute Gasteiger partial charge is 0.278 e. The van der Waals surface area contributed by atoms with E-state index in [2.05, 4.69) is 16.2 Å². The molecule has 0 saturated carbocycles. The average Bonchev–Trinajstić information content (AvgIpc) is 3.04. The largest absolute Gasteiger partial charge is 0.339 e. The number of aromatic nitrogens is 3. The second-order valence-corrected chi connectivity index (χ2v) is 6.48. The normalized spacial score (nSPS) is 14.7. The van der Waals surface area contributed by atoms with Gasteiger partial charge in [-0.2, -0.15) is 14.9 Å². The number of carbonyl (C=O) groups is 1. The van der Waals surface area contributed by atoms with E-state index >= 15 is 0 Å². The van der Waals surface area contributed by atoms with Gasteiger partial charge in [0.15, 0.2) is 5.65 Å². The van der Waals surface area contributed by atoms with Crippen molar-refractivity contribution >= 4 is 17.1 Å². The van der Waals surface area contributed by atoms with Crippen molar-refractivity contribution in [2.24, 2.45) is 0 Å². The van der Waals surface area contributed by atoms with Gasteiger partial charge in [0.05, 0.1) is 11.9 Å². The highest BCUT2D eigenvalue weighted by atomic mass is 16.2. The highest BCUT2D eigenvalue weighted by Gasteiger charge is 2.23. The minimum Gasteiger partial charge on any atom is -0.339 e. The Balaban J connectivity index is 2.14. The average molecular weight is 339 g/mol. The predicted molar refractivity (Wildman–Crippen MR) is 94.1 cm³/mol. The fourth-order valence-electron chi connectivity index (χ4n) is 3.25. The molecule has 1 aliphatic heterocycles. The van der Waals surface area contributed by atoms with Gasteiger partial charge < -0.3 is 9.88 Å². The number of hydrogen-bond acceptors (Lipinski definition) is 4. The lowest BCUT2D eigenvalue weighted by molar-refractivity contribution is -0.130. The quantitative estimate of drug-likeness (QED) is 0.926. The molecule has 0 atom stereocenters. The molecule has 2 aromatic heterocycles. The molecule has 2 aromatic rings. The van der Waals surface area contributed by atoms with Crippen molar-refractivity contribution in [3.63, 3.8) is 0 Å². The Labute approximate surface area is 145 Å². The number of amides is 1. The molecular weight excluding hydrogens is 318 g/mol. The van der Waals surface area contributed by atoms with E-state index in [0.717, 1.165) is 11.3 Å². The van der Waals surface area contributed by atoms with Gasteiger partial charge in [0.25, 0.3) is 5.56 Å². The molecule has 0 spiro atoms. The third-order valence-electron chi connectivity index (χ3n) is 4.59. The van der Waals surface area contributed by atoms with E-state index in [4.69, 9.17) is 0 Å².